The lowest BCUT2D eigenvalue weighted by atomic mass is 9.87. The SMILES string of the molecule is C=Cc1c(/C=C\C)n(C)c2cc(C3=CCC(C)(OC4CC(=C)C4)C=C3)ccc12.[HH]. The summed E-state index contributed by atoms with van der Waals surface area (Å²) < 4.78 is 8.55. The van der Waals surface area contributed by atoms with Gasteiger partial charge in [-0.1, -0.05) is 61.2 Å². The van der Waals surface area contributed by atoms with E-state index in [1.165, 1.54) is 38.9 Å². The van der Waals surface area contributed by atoms with Crippen LogP contribution in [0.1, 0.15) is 51.4 Å². The minimum atomic E-state index is -0.209. The molecule has 1 heterocycles. The summed E-state index contributed by atoms with van der Waals surface area (Å²) in [5.74, 6) is 0. The number of fused-ring (bicyclic) bond motifs is 1. The van der Waals surface area contributed by atoms with Crippen LogP contribution < -0.4 is 0 Å². The van der Waals surface area contributed by atoms with Crippen molar-refractivity contribution < 1.29 is 6.16 Å². The van der Waals surface area contributed by atoms with Crippen molar-refractivity contribution in [2.75, 3.05) is 0 Å². The van der Waals surface area contributed by atoms with Gasteiger partial charge in [-0.3, -0.25) is 0 Å². The lowest BCUT2D eigenvalue weighted by molar-refractivity contribution is -0.0670. The van der Waals surface area contributed by atoms with E-state index in [1.54, 1.807) is 0 Å². The number of ether oxygens (including phenoxy) is 1. The monoisotopic (exact) mass is 373 g/mol. The van der Waals surface area contributed by atoms with Crippen LogP contribution >= 0.6 is 0 Å². The van der Waals surface area contributed by atoms with Crippen molar-refractivity contribution in [3.05, 3.63) is 78.1 Å². The maximum atomic E-state index is 6.30. The number of benzene rings is 1. The summed E-state index contributed by atoms with van der Waals surface area (Å²) in [7, 11) is 2.12. The van der Waals surface area contributed by atoms with Crippen LogP contribution in [0.3, 0.4) is 0 Å². The van der Waals surface area contributed by atoms with E-state index in [1.807, 2.05) is 13.0 Å². The molecule has 0 aliphatic heterocycles. The highest BCUT2D eigenvalue weighted by atomic mass is 16.5. The Balaban J connectivity index is 0.00000240. The minimum absolute atomic E-state index is 0. The van der Waals surface area contributed by atoms with Crippen LogP contribution in [0.15, 0.2) is 61.2 Å². The molecule has 0 N–H and O–H groups in total. The third-order valence-corrected chi connectivity index (χ3v) is 5.96. The number of hydrogen-bond acceptors (Lipinski definition) is 1. The Morgan fingerprint density at radius 1 is 1.32 bits per heavy atom. The highest BCUT2D eigenvalue weighted by Crippen LogP contribution is 2.37. The van der Waals surface area contributed by atoms with Crippen molar-refractivity contribution in [2.45, 2.75) is 44.8 Å². The molecule has 2 nitrogen and oxygen atoms in total. The van der Waals surface area contributed by atoms with Crippen LogP contribution in [-0.2, 0) is 11.8 Å². The number of aromatic nitrogens is 1. The van der Waals surface area contributed by atoms with Gasteiger partial charge in [-0.2, -0.15) is 0 Å². The van der Waals surface area contributed by atoms with Crippen LogP contribution in [0, 0.1) is 0 Å². The molecule has 146 valence electrons. The standard InChI is InChI=1S/C26H29NO.H2/c1-6-8-24-22(7-2)23-10-9-20(17-25(23)27(24)5)19-11-13-26(4,14-12-19)28-21-15-18(3)16-21;/h6-13,17,21H,2-3,14-16H2,1,4-5H3;1H/b8-6-;. The van der Waals surface area contributed by atoms with E-state index in [-0.39, 0.29) is 7.03 Å². The van der Waals surface area contributed by atoms with Crippen molar-refractivity contribution in [2.24, 2.45) is 7.05 Å². The van der Waals surface area contributed by atoms with E-state index < -0.39 is 0 Å². The molecule has 1 aromatic carbocycles. The van der Waals surface area contributed by atoms with Crippen molar-refractivity contribution in [1.29, 1.82) is 0 Å². The molecular formula is C26H31NO. The molecule has 1 fully saturated rings. The molecule has 0 spiro atoms. The van der Waals surface area contributed by atoms with Crippen LogP contribution in [0.2, 0.25) is 0 Å². The molecule has 1 atom stereocenters. The number of allylic oxidation sites excluding steroid dienone is 3. The second kappa shape index (κ2) is 7.10. The Morgan fingerprint density at radius 2 is 2.11 bits per heavy atom. The first-order valence-electron chi connectivity index (χ1n) is 10.1. The molecule has 0 radical (unpaired) electrons. The van der Waals surface area contributed by atoms with Crippen molar-refractivity contribution in [3.63, 3.8) is 0 Å². The van der Waals surface area contributed by atoms with Crippen LogP contribution in [0.5, 0.6) is 0 Å². The van der Waals surface area contributed by atoms with Gasteiger partial charge in [-0.25, -0.2) is 0 Å². The Morgan fingerprint density at radius 3 is 2.71 bits per heavy atom. The summed E-state index contributed by atoms with van der Waals surface area (Å²) in [4.78, 5) is 0. The van der Waals surface area contributed by atoms with Gasteiger partial charge in [0, 0.05) is 30.6 Å². The Bertz CT molecular complexity index is 1040. The van der Waals surface area contributed by atoms with Gasteiger partial charge in [0.2, 0.25) is 0 Å². The van der Waals surface area contributed by atoms with Crippen LogP contribution in [-0.4, -0.2) is 16.3 Å². The largest absolute Gasteiger partial charge is 0.367 e. The quantitative estimate of drug-likeness (QED) is 0.518. The van der Waals surface area contributed by atoms with Crippen molar-refractivity contribution in [3.8, 4) is 0 Å². The van der Waals surface area contributed by atoms with Gasteiger partial charge >= 0.3 is 0 Å². The van der Waals surface area contributed by atoms with E-state index in [2.05, 4.69) is 80.3 Å². The minimum Gasteiger partial charge on any atom is -0.367 e. The van der Waals surface area contributed by atoms with Gasteiger partial charge in [0.05, 0.1) is 11.7 Å². The summed E-state index contributed by atoms with van der Waals surface area (Å²) >= 11 is 0. The summed E-state index contributed by atoms with van der Waals surface area (Å²) in [5, 5.41) is 1.24. The molecule has 0 bridgehead atoms. The van der Waals surface area contributed by atoms with Crippen molar-refractivity contribution >= 4 is 28.6 Å². The molecule has 2 aliphatic rings. The molecule has 1 saturated carbocycles. The van der Waals surface area contributed by atoms with E-state index >= 15 is 0 Å². The lowest BCUT2D eigenvalue weighted by Crippen LogP contribution is -2.36. The zero-order chi connectivity index (χ0) is 19.9. The first-order chi connectivity index (χ1) is 13.4. The fraction of sp³-hybridized carbons (Fsp3) is 0.308. The average molecular weight is 374 g/mol. The van der Waals surface area contributed by atoms with E-state index in [0.29, 0.717) is 6.10 Å². The summed E-state index contributed by atoms with van der Waals surface area (Å²) in [5.41, 5.74) is 7.21. The first-order valence-corrected chi connectivity index (χ1v) is 10.1. The van der Waals surface area contributed by atoms with Gasteiger partial charge in [-0.05, 0) is 56.4 Å². The normalized spacial score (nSPS) is 22.7. The molecule has 2 aliphatic carbocycles. The molecular weight excluding hydrogens is 342 g/mol. The second-order valence-electron chi connectivity index (χ2n) is 8.20. The Labute approximate surface area is 169 Å². The number of aryl methyl sites for hydroxylation is 1. The number of hydrogen-bond donors (Lipinski definition) is 0. The number of rotatable bonds is 5. The maximum Gasteiger partial charge on any atom is 0.0876 e. The molecule has 28 heavy (non-hydrogen) atoms. The Kier molecular flexibility index (Phi) is 4.76. The van der Waals surface area contributed by atoms with Gasteiger partial charge in [0.15, 0.2) is 0 Å². The summed E-state index contributed by atoms with van der Waals surface area (Å²) in [6.45, 7) is 12.3. The highest BCUT2D eigenvalue weighted by molar-refractivity contribution is 5.96. The molecule has 0 saturated heterocycles. The van der Waals surface area contributed by atoms with Crippen LogP contribution in [0.4, 0.5) is 0 Å². The van der Waals surface area contributed by atoms with Gasteiger partial charge in [0.25, 0.3) is 0 Å². The van der Waals surface area contributed by atoms with Gasteiger partial charge < -0.3 is 9.30 Å². The average Bonchev–Trinajstić information content (AvgIpc) is 2.92. The van der Waals surface area contributed by atoms with E-state index in [0.717, 1.165) is 19.3 Å². The molecule has 2 heteroatoms. The van der Waals surface area contributed by atoms with Crippen LogP contribution in [0.25, 0.3) is 28.6 Å². The van der Waals surface area contributed by atoms with Gasteiger partial charge in [-0.15, -0.1) is 0 Å². The third-order valence-electron chi connectivity index (χ3n) is 5.96. The fourth-order valence-corrected chi connectivity index (χ4v) is 4.30. The zero-order valence-corrected chi connectivity index (χ0v) is 17.2. The number of nitrogens with zero attached hydrogens (tertiary/aromatic N) is 1. The second-order valence-corrected chi connectivity index (χ2v) is 8.20. The first kappa shape index (κ1) is 18.8. The molecule has 1 aromatic heterocycles. The fourth-order valence-electron chi connectivity index (χ4n) is 4.30. The highest BCUT2D eigenvalue weighted by Gasteiger charge is 2.32. The molecule has 1 unspecified atom stereocenters. The zero-order valence-electron chi connectivity index (χ0n) is 17.2. The summed E-state index contributed by atoms with van der Waals surface area (Å²) in [6.07, 6.45) is 16.2. The predicted molar refractivity (Wildman–Crippen MR) is 123 cm³/mol. The van der Waals surface area contributed by atoms with E-state index in [4.69, 9.17) is 4.74 Å². The molecule has 4 rings (SSSR count). The third kappa shape index (κ3) is 3.22. The Hall–Kier alpha value is -2.58. The smallest absolute Gasteiger partial charge is 0.0876 e. The molecule has 0 amide bonds. The molecule has 2 aromatic rings. The maximum absolute atomic E-state index is 6.30. The van der Waals surface area contributed by atoms with Gasteiger partial charge in [0.1, 0.15) is 0 Å². The van der Waals surface area contributed by atoms with E-state index in [9.17, 15) is 0 Å². The topological polar surface area (TPSA) is 14.2 Å². The lowest BCUT2D eigenvalue weighted by Gasteiger charge is -2.38. The summed E-state index contributed by atoms with van der Waals surface area (Å²) in [6, 6.07) is 6.71. The van der Waals surface area contributed by atoms with Crippen molar-refractivity contribution in [1.82, 2.24) is 4.57 Å². The predicted octanol–water partition coefficient (Wildman–Crippen LogP) is 6.94.